The van der Waals surface area contributed by atoms with Gasteiger partial charge in [0.1, 0.15) is 0 Å². The Balaban J connectivity index is 5.52. The molecule has 0 radical (unpaired) electrons. The zero-order valence-corrected chi connectivity index (χ0v) is 26.7. The first-order chi connectivity index (χ1) is 17.8. The Hall–Kier alpha value is -0.320. The summed E-state index contributed by atoms with van der Waals surface area (Å²) in [6.07, 6.45) is 8.14. The molecule has 0 heterocycles. The minimum Gasteiger partial charge on any atom is -0.327 e. The van der Waals surface area contributed by atoms with E-state index in [0.717, 1.165) is 44.9 Å². The molecule has 3 unspecified atom stereocenters. The highest BCUT2D eigenvalue weighted by atomic mass is 17.5. The predicted molar refractivity (Wildman–Crippen MR) is 151 cm³/mol. The van der Waals surface area contributed by atoms with Gasteiger partial charge < -0.3 is 23.7 Å². The highest BCUT2D eigenvalue weighted by molar-refractivity contribution is 4.71. The normalized spacial score (nSPS) is 16.7. The van der Waals surface area contributed by atoms with Crippen LogP contribution < -0.4 is 0 Å². The lowest BCUT2D eigenvalue weighted by molar-refractivity contribution is -0.614. The van der Waals surface area contributed by atoms with Crippen LogP contribution in [-0.2, 0) is 38.5 Å². The summed E-state index contributed by atoms with van der Waals surface area (Å²) < 4.78 is 31.5. The van der Waals surface area contributed by atoms with Crippen LogP contribution in [0.2, 0.25) is 0 Å². The van der Waals surface area contributed by atoms with Crippen molar-refractivity contribution in [2.24, 2.45) is 5.92 Å². The fraction of sp³-hybridized carbons (Fsp3) is 1.00. The number of unbranched alkanes of at least 4 members (excludes halogenated alkanes) is 4. The smallest absolute Gasteiger partial charge is 0.315 e. The Kier molecular flexibility index (Phi) is 20.4. The van der Waals surface area contributed by atoms with Crippen LogP contribution >= 0.6 is 0 Å². The van der Waals surface area contributed by atoms with Crippen molar-refractivity contribution in [1.82, 2.24) is 0 Å². The molecule has 0 fully saturated rings. The van der Waals surface area contributed by atoms with Crippen LogP contribution in [0.15, 0.2) is 0 Å². The fourth-order valence-corrected chi connectivity index (χ4v) is 3.61. The van der Waals surface area contributed by atoms with Crippen LogP contribution in [0.3, 0.4) is 0 Å². The minimum atomic E-state index is -1.36. The van der Waals surface area contributed by atoms with Gasteiger partial charge in [-0.3, -0.25) is 0 Å². The van der Waals surface area contributed by atoms with Crippen LogP contribution in [0, 0.1) is 5.92 Å². The molecule has 38 heavy (non-hydrogen) atoms. The zero-order valence-electron chi connectivity index (χ0n) is 26.7. The largest absolute Gasteiger partial charge is 0.327 e. The summed E-state index contributed by atoms with van der Waals surface area (Å²) in [7, 11) is 0. The van der Waals surface area contributed by atoms with Crippen molar-refractivity contribution in [2.75, 3.05) is 19.8 Å². The first-order valence-corrected chi connectivity index (χ1v) is 15.1. The Labute approximate surface area is 234 Å². The van der Waals surface area contributed by atoms with Gasteiger partial charge in [0, 0.05) is 12.8 Å². The third kappa shape index (κ3) is 18.9. The fourth-order valence-electron chi connectivity index (χ4n) is 3.61. The average molecular weight is 551 g/mol. The molecule has 8 nitrogen and oxygen atoms in total. The van der Waals surface area contributed by atoms with E-state index in [9.17, 15) is 0 Å². The molecule has 0 rings (SSSR count). The van der Waals surface area contributed by atoms with Gasteiger partial charge in [-0.05, 0) is 79.6 Å². The molecular weight excluding hydrogens is 488 g/mol. The highest BCUT2D eigenvalue weighted by Gasteiger charge is 2.41. The summed E-state index contributed by atoms with van der Waals surface area (Å²) in [5.74, 6) is -2.15. The van der Waals surface area contributed by atoms with Gasteiger partial charge in [0.05, 0.1) is 37.6 Å². The van der Waals surface area contributed by atoms with Gasteiger partial charge in [-0.25, -0.2) is 4.89 Å². The third-order valence-electron chi connectivity index (χ3n) is 5.55. The molecule has 0 aromatic rings. The van der Waals surface area contributed by atoms with E-state index >= 15 is 0 Å². The molecule has 8 heteroatoms. The summed E-state index contributed by atoms with van der Waals surface area (Å²) in [5.41, 5.74) is -0.440. The third-order valence-corrected chi connectivity index (χ3v) is 5.55. The summed E-state index contributed by atoms with van der Waals surface area (Å²) in [6, 6.07) is 0. The van der Waals surface area contributed by atoms with E-state index < -0.39 is 17.5 Å². The lowest BCUT2D eigenvalue weighted by atomic mass is 10.1. The highest BCUT2D eigenvalue weighted by Crippen LogP contribution is 2.33. The molecule has 0 bridgehead atoms. The summed E-state index contributed by atoms with van der Waals surface area (Å²) >= 11 is 0. The monoisotopic (exact) mass is 550 g/mol. The molecule has 0 saturated heterocycles. The van der Waals surface area contributed by atoms with E-state index in [-0.39, 0.29) is 12.2 Å². The summed E-state index contributed by atoms with van der Waals surface area (Å²) in [6.45, 7) is 24.1. The number of hydrogen-bond donors (Lipinski definition) is 0. The molecule has 0 aromatic heterocycles. The minimum absolute atomic E-state index is 0.00755. The second kappa shape index (κ2) is 20.5. The first kappa shape index (κ1) is 37.7. The van der Waals surface area contributed by atoms with Gasteiger partial charge in [0.2, 0.25) is 0 Å². The van der Waals surface area contributed by atoms with Crippen molar-refractivity contribution in [3.05, 3.63) is 0 Å². The van der Waals surface area contributed by atoms with Crippen molar-refractivity contribution in [3.63, 3.8) is 0 Å². The Morgan fingerprint density at radius 2 is 1.29 bits per heavy atom. The standard InChI is InChI=1S/C30H62O8/c1-12-15-19-23-33-38-37-30(34-26(6)7,31-22-16-13-2)21-18-17-20-29(32-24-25(4)5,35-27(8)14-3)36-28(9,10)11/h25-27H,12-24H2,1-11H3. The maximum absolute atomic E-state index is 6.45. The van der Waals surface area contributed by atoms with E-state index in [2.05, 4.69) is 34.6 Å². The predicted octanol–water partition coefficient (Wildman–Crippen LogP) is 8.47. The summed E-state index contributed by atoms with van der Waals surface area (Å²) in [5, 5.41) is 5.15. The summed E-state index contributed by atoms with van der Waals surface area (Å²) in [4.78, 5) is 10.9. The average Bonchev–Trinajstić information content (AvgIpc) is 2.81. The van der Waals surface area contributed by atoms with E-state index in [0.29, 0.717) is 45.0 Å². The van der Waals surface area contributed by atoms with Gasteiger partial charge in [-0.1, -0.05) is 58.9 Å². The van der Waals surface area contributed by atoms with Crippen LogP contribution in [-0.4, -0.2) is 49.6 Å². The first-order valence-electron chi connectivity index (χ1n) is 15.1. The van der Waals surface area contributed by atoms with Gasteiger partial charge >= 0.3 is 5.97 Å². The Morgan fingerprint density at radius 3 is 1.82 bits per heavy atom. The van der Waals surface area contributed by atoms with Crippen LogP contribution in [0.25, 0.3) is 0 Å². The van der Waals surface area contributed by atoms with E-state index in [1.54, 1.807) is 0 Å². The molecule has 3 atom stereocenters. The van der Waals surface area contributed by atoms with Crippen LogP contribution in [0.4, 0.5) is 0 Å². The zero-order chi connectivity index (χ0) is 29.1. The van der Waals surface area contributed by atoms with Gasteiger partial charge in [-0.15, -0.1) is 4.89 Å². The molecular formula is C30H62O8. The second-order valence-corrected chi connectivity index (χ2v) is 11.9. The second-order valence-electron chi connectivity index (χ2n) is 11.9. The van der Waals surface area contributed by atoms with Crippen molar-refractivity contribution < 1.29 is 38.5 Å². The molecule has 0 aliphatic carbocycles. The Bertz CT molecular complexity index is 551. The quantitative estimate of drug-likeness (QED) is 0.0485. The van der Waals surface area contributed by atoms with E-state index in [4.69, 9.17) is 38.5 Å². The van der Waals surface area contributed by atoms with Crippen LogP contribution in [0.5, 0.6) is 0 Å². The molecule has 0 aromatic carbocycles. The van der Waals surface area contributed by atoms with Crippen molar-refractivity contribution in [3.8, 4) is 0 Å². The van der Waals surface area contributed by atoms with E-state index in [1.807, 2.05) is 41.5 Å². The number of rotatable bonds is 25. The molecule has 0 aliphatic rings. The van der Waals surface area contributed by atoms with Crippen molar-refractivity contribution >= 4 is 0 Å². The van der Waals surface area contributed by atoms with Crippen molar-refractivity contribution in [1.29, 1.82) is 0 Å². The van der Waals surface area contributed by atoms with Gasteiger partial charge in [0.25, 0.3) is 5.97 Å². The van der Waals surface area contributed by atoms with Gasteiger partial charge in [0.15, 0.2) is 0 Å². The number of ether oxygens (including phenoxy) is 5. The molecule has 0 aliphatic heterocycles. The topological polar surface area (TPSA) is 73.8 Å². The molecule has 0 saturated carbocycles. The Morgan fingerprint density at radius 1 is 0.658 bits per heavy atom. The maximum Gasteiger partial charge on any atom is 0.315 e. The van der Waals surface area contributed by atoms with Gasteiger partial charge in [-0.2, -0.15) is 0 Å². The SMILES string of the molecule is CCCCCOOOC(CCCCC(OCC(C)C)(OC(C)CC)OC(C)(C)C)(OCCCC)OC(C)C. The number of hydrogen-bond acceptors (Lipinski definition) is 8. The lowest BCUT2D eigenvalue weighted by Gasteiger charge is -2.41. The maximum atomic E-state index is 6.45. The van der Waals surface area contributed by atoms with E-state index in [1.165, 1.54) is 0 Å². The molecule has 230 valence electrons. The van der Waals surface area contributed by atoms with Crippen molar-refractivity contribution in [2.45, 2.75) is 170 Å². The lowest BCUT2D eigenvalue weighted by Crippen LogP contribution is -2.47. The van der Waals surface area contributed by atoms with Crippen LogP contribution in [0.1, 0.15) is 140 Å². The molecule has 0 N–H and O–H groups in total. The molecule has 0 spiro atoms. The molecule has 0 amide bonds.